The van der Waals surface area contributed by atoms with E-state index in [4.69, 9.17) is 0 Å². The molecule has 1 heterocycles. The normalized spacial score (nSPS) is 19.2. The molecule has 2 nitrogen and oxygen atoms in total. The minimum absolute atomic E-state index is 0.607. The highest BCUT2D eigenvalue weighted by Crippen LogP contribution is 2.43. The van der Waals surface area contributed by atoms with Gasteiger partial charge in [0.05, 0.1) is 0 Å². The second-order valence-corrected chi connectivity index (χ2v) is 6.74. The predicted molar refractivity (Wildman–Crippen MR) is 84.6 cm³/mol. The molecule has 0 aliphatic heterocycles. The van der Waals surface area contributed by atoms with E-state index in [2.05, 4.69) is 23.6 Å². The molecule has 0 radical (unpaired) electrons. The Balaban J connectivity index is 1.80. The fourth-order valence-electron chi connectivity index (χ4n) is 3.38. The summed E-state index contributed by atoms with van der Waals surface area (Å²) >= 11 is 1.81. The van der Waals surface area contributed by atoms with Crippen molar-refractivity contribution in [1.29, 1.82) is 0 Å². The number of fused-ring (bicyclic) bond motifs is 1. The van der Waals surface area contributed by atoms with Crippen molar-refractivity contribution < 1.29 is 0 Å². The number of rotatable bonds is 4. The summed E-state index contributed by atoms with van der Waals surface area (Å²) < 4.78 is 0. The summed E-state index contributed by atoms with van der Waals surface area (Å²) in [5, 5.41) is 4.72. The fraction of sp³-hybridized carbons (Fsp3) is 0.562. The standard InChI is InChI=1S/C16H22N2S/c1-11(18-12-7-4-3-5-8-12)15-13-9-6-10-14(13)19-16(15)17-2/h12,18H,1-10H2. The van der Waals surface area contributed by atoms with Gasteiger partial charge in [0.25, 0.3) is 0 Å². The fourth-order valence-corrected chi connectivity index (χ4v) is 4.60. The molecule has 2 aliphatic rings. The van der Waals surface area contributed by atoms with Crippen LogP contribution in [-0.2, 0) is 12.8 Å². The van der Waals surface area contributed by atoms with Crippen LogP contribution in [0.3, 0.4) is 0 Å². The largest absolute Gasteiger partial charge is 0.382 e. The first-order valence-electron chi connectivity index (χ1n) is 7.36. The average molecular weight is 274 g/mol. The minimum atomic E-state index is 0.607. The molecule has 1 saturated carbocycles. The van der Waals surface area contributed by atoms with Crippen LogP contribution in [0.1, 0.15) is 54.5 Å². The van der Waals surface area contributed by atoms with E-state index in [9.17, 15) is 0 Å². The quantitative estimate of drug-likeness (QED) is 0.805. The highest BCUT2D eigenvalue weighted by molar-refractivity contribution is 7.16. The number of aryl methyl sites for hydroxylation is 1. The SMILES string of the molecule is C=Nc1sc2c(c1C(=C)NC1CCCCC1)CCC2. The first-order valence-corrected chi connectivity index (χ1v) is 8.18. The Labute approximate surface area is 119 Å². The molecule has 1 aromatic rings. The molecule has 0 spiro atoms. The predicted octanol–water partition coefficient (Wildman–Crippen LogP) is 4.46. The Hall–Kier alpha value is -1.09. The van der Waals surface area contributed by atoms with Crippen molar-refractivity contribution in [2.45, 2.75) is 57.4 Å². The van der Waals surface area contributed by atoms with Gasteiger partial charge in [0.1, 0.15) is 5.00 Å². The smallest absolute Gasteiger partial charge is 0.125 e. The number of thiophene rings is 1. The van der Waals surface area contributed by atoms with Crippen LogP contribution >= 0.6 is 11.3 Å². The Morgan fingerprint density at radius 1 is 1.16 bits per heavy atom. The van der Waals surface area contributed by atoms with E-state index in [1.54, 1.807) is 0 Å². The lowest BCUT2D eigenvalue weighted by atomic mass is 9.95. The number of hydrogen-bond donors (Lipinski definition) is 1. The lowest BCUT2D eigenvalue weighted by Crippen LogP contribution is -2.29. The van der Waals surface area contributed by atoms with Crippen molar-refractivity contribution in [3.63, 3.8) is 0 Å². The zero-order valence-corrected chi connectivity index (χ0v) is 12.3. The molecule has 3 rings (SSSR count). The zero-order chi connectivity index (χ0) is 13.2. The van der Waals surface area contributed by atoms with Gasteiger partial charge in [0, 0.05) is 22.2 Å². The van der Waals surface area contributed by atoms with Crippen LogP contribution in [0.25, 0.3) is 5.70 Å². The number of nitrogens with zero attached hydrogens (tertiary/aromatic N) is 1. The maximum atomic E-state index is 4.29. The van der Waals surface area contributed by atoms with Crippen molar-refractivity contribution >= 4 is 28.8 Å². The molecule has 0 unspecified atom stereocenters. The lowest BCUT2D eigenvalue weighted by molar-refractivity contribution is 0.409. The molecule has 2 aliphatic carbocycles. The van der Waals surface area contributed by atoms with Gasteiger partial charge in [-0.15, -0.1) is 11.3 Å². The Morgan fingerprint density at radius 2 is 1.95 bits per heavy atom. The van der Waals surface area contributed by atoms with Crippen molar-refractivity contribution in [3.8, 4) is 0 Å². The summed E-state index contributed by atoms with van der Waals surface area (Å²) in [5.74, 6) is 0. The van der Waals surface area contributed by atoms with Crippen molar-refractivity contribution in [1.82, 2.24) is 5.32 Å². The Kier molecular flexibility index (Phi) is 3.74. The Bertz CT molecular complexity index is 495. The molecule has 0 saturated heterocycles. The van der Waals surface area contributed by atoms with Crippen LogP contribution < -0.4 is 5.32 Å². The average Bonchev–Trinajstić information content (AvgIpc) is 2.99. The van der Waals surface area contributed by atoms with Crippen molar-refractivity contribution in [2.24, 2.45) is 4.99 Å². The summed E-state index contributed by atoms with van der Waals surface area (Å²) in [6.45, 7) is 8.01. The van der Waals surface area contributed by atoms with Gasteiger partial charge in [-0.2, -0.15) is 0 Å². The van der Waals surface area contributed by atoms with E-state index in [1.165, 1.54) is 67.4 Å². The Morgan fingerprint density at radius 3 is 2.68 bits per heavy atom. The first kappa shape index (κ1) is 12.9. The van der Waals surface area contributed by atoms with Gasteiger partial charge in [0.15, 0.2) is 0 Å². The minimum Gasteiger partial charge on any atom is -0.382 e. The topological polar surface area (TPSA) is 24.4 Å². The van der Waals surface area contributed by atoms with Gasteiger partial charge in [-0.1, -0.05) is 25.8 Å². The van der Waals surface area contributed by atoms with Gasteiger partial charge in [-0.05, 0) is 44.4 Å². The third-order valence-corrected chi connectivity index (χ3v) is 5.56. The van der Waals surface area contributed by atoms with Crippen molar-refractivity contribution in [2.75, 3.05) is 0 Å². The second-order valence-electron chi connectivity index (χ2n) is 5.65. The maximum Gasteiger partial charge on any atom is 0.125 e. The first-order chi connectivity index (χ1) is 9.29. The molecule has 1 N–H and O–H groups in total. The molecule has 0 amide bonds. The molecular formula is C16H22N2S. The van der Waals surface area contributed by atoms with Gasteiger partial charge in [0.2, 0.25) is 0 Å². The summed E-state index contributed by atoms with van der Waals surface area (Å²) in [6.07, 6.45) is 10.3. The van der Waals surface area contributed by atoms with Gasteiger partial charge < -0.3 is 5.32 Å². The van der Waals surface area contributed by atoms with Crippen LogP contribution in [0.4, 0.5) is 5.00 Å². The van der Waals surface area contributed by atoms with Crippen LogP contribution in [0.5, 0.6) is 0 Å². The number of nitrogens with one attached hydrogen (secondary N) is 1. The van der Waals surface area contributed by atoms with E-state index < -0.39 is 0 Å². The molecule has 102 valence electrons. The third-order valence-electron chi connectivity index (χ3n) is 4.33. The summed E-state index contributed by atoms with van der Waals surface area (Å²) in [5.41, 5.74) is 3.83. The van der Waals surface area contributed by atoms with E-state index in [0.29, 0.717) is 6.04 Å². The molecule has 0 atom stereocenters. The molecule has 1 fully saturated rings. The molecule has 3 heteroatoms. The molecule has 19 heavy (non-hydrogen) atoms. The van der Waals surface area contributed by atoms with E-state index >= 15 is 0 Å². The monoisotopic (exact) mass is 274 g/mol. The highest BCUT2D eigenvalue weighted by Gasteiger charge is 2.24. The molecule has 1 aromatic heterocycles. The lowest BCUT2D eigenvalue weighted by Gasteiger charge is -2.25. The van der Waals surface area contributed by atoms with Gasteiger partial charge in [-0.25, -0.2) is 0 Å². The van der Waals surface area contributed by atoms with Crippen LogP contribution in [0.2, 0.25) is 0 Å². The molecule has 0 bridgehead atoms. The van der Waals surface area contributed by atoms with Crippen LogP contribution in [0.15, 0.2) is 11.6 Å². The van der Waals surface area contributed by atoms with E-state index in [0.717, 1.165) is 10.7 Å². The number of hydrogen-bond acceptors (Lipinski definition) is 3. The molecule has 0 aromatic carbocycles. The van der Waals surface area contributed by atoms with Gasteiger partial charge in [-0.3, -0.25) is 4.99 Å². The van der Waals surface area contributed by atoms with E-state index in [1.807, 2.05) is 11.3 Å². The summed E-state index contributed by atoms with van der Waals surface area (Å²) in [6, 6.07) is 0.607. The zero-order valence-electron chi connectivity index (χ0n) is 11.5. The summed E-state index contributed by atoms with van der Waals surface area (Å²) in [7, 11) is 0. The van der Waals surface area contributed by atoms with Crippen molar-refractivity contribution in [3.05, 3.63) is 22.6 Å². The van der Waals surface area contributed by atoms with Crippen LogP contribution in [0, 0.1) is 0 Å². The third kappa shape index (κ3) is 2.48. The van der Waals surface area contributed by atoms with Crippen LogP contribution in [-0.4, -0.2) is 12.8 Å². The maximum absolute atomic E-state index is 4.29. The number of aliphatic imine (C=N–C) groups is 1. The van der Waals surface area contributed by atoms with E-state index in [-0.39, 0.29) is 0 Å². The second kappa shape index (κ2) is 5.49. The van der Waals surface area contributed by atoms with Gasteiger partial charge >= 0.3 is 0 Å². The highest BCUT2D eigenvalue weighted by atomic mass is 32.1. The molecular weight excluding hydrogens is 252 g/mol. The summed E-state index contributed by atoms with van der Waals surface area (Å²) in [4.78, 5) is 5.72.